The predicted molar refractivity (Wildman–Crippen MR) is 31.3 cm³/mol. The van der Waals surface area contributed by atoms with Crippen LogP contribution in [0, 0.1) is 0 Å². The summed E-state index contributed by atoms with van der Waals surface area (Å²) < 4.78 is 2.22. The molecule has 6 heteroatoms. The van der Waals surface area contributed by atoms with Gasteiger partial charge in [0.1, 0.15) is 0 Å². The Balaban J connectivity index is 3.12. The molecule has 1 amide bonds. The average molecular weight is 145 g/mol. The predicted octanol–water partition coefficient (Wildman–Crippen LogP) is -1.07. The smallest absolute Gasteiger partial charge is 0.355 e. The standard InChI is InChI=1S/C3H3N3O2S/c4-1(7)2-5-3(8)6-9-2/h(H2,4,7)(H,6,8). The van der Waals surface area contributed by atoms with Crippen molar-refractivity contribution < 1.29 is 4.79 Å². The monoisotopic (exact) mass is 145 g/mol. The third-order valence-electron chi connectivity index (χ3n) is 0.649. The van der Waals surface area contributed by atoms with Crippen molar-refractivity contribution in [3.05, 3.63) is 15.5 Å². The zero-order chi connectivity index (χ0) is 6.85. The summed E-state index contributed by atoms with van der Waals surface area (Å²) >= 11 is 0.834. The van der Waals surface area contributed by atoms with E-state index in [9.17, 15) is 9.59 Å². The topological polar surface area (TPSA) is 88.8 Å². The van der Waals surface area contributed by atoms with Gasteiger partial charge in [-0.2, -0.15) is 4.98 Å². The highest BCUT2D eigenvalue weighted by Gasteiger charge is 2.03. The molecule has 9 heavy (non-hydrogen) atoms. The lowest BCUT2D eigenvalue weighted by molar-refractivity contribution is 0.1000. The first-order valence-corrected chi connectivity index (χ1v) is 2.87. The van der Waals surface area contributed by atoms with Crippen LogP contribution in [0.2, 0.25) is 0 Å². The largest absolute Gasteiger partial charge is 0.363 e. The van der Waals surface area contributed by atoms with E-state index in [1.807, 2.05) is 0 Å². The SMILES string of the molecule is NC(=O)c1nc(=O)[nH]s1. The first kappa shape index (κ1) is 5.96. The van der Waals surface area contributed by atoms with Crippen molar-refractivity contribution in [2.24, 2.45) is 5.73 Å². The van der Waals surface area contributed by atoms with Crippen molar-refractivity contribution in [1.82, 2.24) is 9.36 Å². The molecule has 48 valence electrons. The van der Waals surface area contributed by atoms with Gasteiger partial charge in [0.2, 0.25) is 5.01 Å². The van der Waals surface area contributed by atoms with Gasteiger partial charge in [-0.15, -0.1) is 0 Å². The molecule has 0 bridgehead atoms. The highest BCUT2D eigenvalue weighted by Crippen LogP contribution is 1.92. The van der Waals surface area contributed by atoms with Crippen molar-refractivity contribution >= 4 is 17.4 Å². The minimum atomic E-state index is -0.682. The van der Waals surface area contributed by atoms with Crippen LogP contribution in [-0.2, 0) is 0 Å². The third kappa shape index (κ3) is 1.14. The number of nitrogens with one attached hydrogen (secondary N) is 1. The third-order valence-corrected chi connectivity index (χ3v) is 1.41. The second kappa shape index (κ2) is 1.98. The van der Waals surface area contributed by atoms with Gasteiger partial charge in [0.05, 0.1) is 0 Å². The maximum Gasteiger partial charge on any atom is 0.355 e. The number of nitrogens with zero attached hydrogens (tertiary/aromatic N) is 1. The van der Waals surface area contributed by atoms with Crippen LogP contribution in [0.5, 0.6) is 0 Å². The van der Waals surface area contributed by atoms with E-state index >= 15 is 0 Å². The molecular formula is C3H3N3O2S. The molecule has 1 rings (SSSR count). The van der Waals surface area contributed by atoms with E-state index < -0.39 is 11.6 Å². The van der Waals surface area contributed by atoms with E-state index in [-0.39, 0.29) is 5.01 Å². The number of carbonyl (C=O) groups is 1. The molecule has 5 nitrogen and oxygen atoms in total. The molecule has 0 fully saturated rings. The number of hydrogen-bond acceptors (Lipinski definition) is 4. The molecule has 1 aromatic heterocycles. The number of carbonyl (C=O) groups excluding carboxylic acids is 1. The Bertz CT molecular complexity index is 275. The normalized spacial score (nSPS) is 9.33. The van der Waals surface area contributed by atoms with Crippen LogP contribution in [-0.4, -0.2) is 15.3 Å². The van der Waals surface area contributed by atoms with Crippen molar-refractivity contribution in [3.63, 3.8) is 0 Å². The first-order chi connectivity index (χ1) is 4.20. The summed E-state index contributed by atoms with van der Waals surface area (Å²) in [6, 6.07) is 0. The second-order valence-corrected chi connectivity index (χ2v) is 2.09. The van der Waals surface area contributed by atoms with Gasteiger partial charge in [-0.3, -0.25) is 9.17 Å². The molecule has 0 saturated carbocycles. The number of nitrogens with two attached hydrogens (primary N) is 1. The summed E-state index contributed by atoms with van der Waals surface area (Å²) in [6.07, 6.45) is 0. The van der Waals surface area contributed by atoms with Crippen LogP contribution in [0.1, 0.15) is 9.80 Å². The Morgan fingerprint density at radius 3 is 2.67 bits per heavy atom. The highest BCUT2D eigenvalue weighted by atomic mass is 32.1. The minimum absolute atomic E-state index is 0.0139. The molecule has 1 aromatic rings. The molecule has 0 aromatic carbocycles. The number of aromatic nitrogens is 2. The van der Waals surface area contributed by atoms with Gasteiger partial charge in [0, 0.05) is 0 Å². The fraction of sp³-hybridized carbons (Fsp3) is 0. The minimum Gasteiger partial charge on any atom is -0.363 e. The van der Waals surface area contributed by atoms with E-state index in [0.29, 0.717) is 0 Å². The van der Waals surface area contributed by atoms with Gasteiger partial charge in [-0.25, -0.2) is 4.79 Å². The van der Waals surface area contributed by atoms with Crippen LogP contribution in [0.4, 0.5) is 0 Å². The van der Waals surface area contributed by atoms with Crippen molar-refractivity contribution in [2.45, 2.75) is 0 Å². The Hall–Kier alpha value is -1.17. The lowest BCUT2D eigenvalue weighted by Gasteiger charge is -1.76. The quantitative estimate of drug-likeness (QED) is 0.527. The summed E-state index contributed by atoms with van der Waals surface area (Å²) in [5, 5.41) is 0.0139. The highest BCUT2D eigenvalue weighted by molar-refractivity contribution is 7.07. The van der Waals surface area contributed by atoms with E-state index in [1.165, 1.54) is 0 Å². The maximum absolute atomic E-state index is 10.2. The molecule has 0 saturated heterocycles. The molecule has 0 aliphatic rings. The average Bonchev–Trinajstić information content (AvgIpc) is 2.14. The number of rotatable bonds is 1. The number of amides is 1. The molecule has 0 aliphatic carbocycles. The van der Waals surface area contributed by atoms with Gasteiger partial charge in [0.25, 0.3) is 5.91 Å². The molecular weight excluding hydrogens is 142 g/mol. The Morgan fingerprint density at radius 2 is 2.44 bits per heavy atom. The van der Waals surface area contributed by atoms with Gasteiger partial charge < -0.3 is 5.73 Å². The zero-order valence-electron chi connectivity index (χ0n) is 4.25. The van der Waals surface area contributed by atoms with Crippen molar-refractivity contribution in [2.75, 3.05) is 0 Å². The van der Waals surface area contributed by atoms with Gasteiger partial charge in [0.15, 0.2) is 0 Å². The van der Waals surface area contributed by atoms with Crippen LogP contribution >= 0.6 is 11.5 Å². The van der Waals surface area contributed by atoms with Crippen molar-refractivity contribution in [3.8, 4) is 0 Å². The number of primary amides is 1. The summed E-state index contributed by atoms with van der Waals surface area (Å²) in [5.41, 5.74) is 4.24. The van der Waals surface area contributed by atoms with Crippen LogP contribution in [0.3, 0.4) is 0 Å². The summed E-state index contributed by atoms with van der Waals surface area (Å²) in [5.74, 6) is -0.682. The molecule has 3 N–H and O–H groups in total. The summed E-state index contributed by atoms with van der Waals surface area (Å²) in [6.45, 7) is 0. The molecule has 0 aliphatic heterocycles. The fourth-order valence-corrected chi connectivity index (χ4v) is 0.794. The zero-order valence-corrected chi connectivity index (χ0v) is 5.07. The molecule has 0 atom stereocenters. The van der Waals surface area contributed by atoms with Crippen LogP contribution in [0.15, 0.2) is 4.79 Å². The summed E-state index contributed by atoms with van der Waals surface area (Å²) in [7, 11) is 0. The lowest BCUT2D eigenvalue weighted by atomic mass is 10.7. The van der Waals surface area contributed by atoms with Gasteiger partial charge in [-0.05, 0) is 11.5 Å². The van der Waals surface area contributed by atoms with Crippen LogP contribution in [0.25, 0.3) is 0 Å². The van der Waals surface area contributed by atoms with Gasteiger partial charge >= 0.3 is 5.69 Å². The van der Waals surface area contributed by atoms with Gasteiger partial charge in [-0.1, -0.05) is 0 Å². The number of H-pyrrole nitrogens is 1. The molecule has 1 heterocycles. The Kier molecular flexibility index (Phi) is 1.31. The lowest BCUT2D eigenvalue weighted by Crippen LogP contribution is -2.12. The molecule has 0 unspecified atom stereocenters. The maximum atomic E-state index is 10.2. The number of hydrogen-bond donors (Lipinski definition) is 2. The Morgan fingerprint density at radius 1 is 1.78 bits per heavy atom. The van der Waals surface area contributed by atoms with Crippen molar-refractivity contribution in [1.29, 1.82) is 0 Å². The molecule has 0 spiro atoms. The first-order valence-electron chi connectivity index (χ1n) is 2.05. The fourth-order valence-electron chi connectivity index (χ4n) is 0.335. The van der Waals surface area contributed by atoms with Crippen LogP contribution < -0.4 is 11.4 Å². The van der Waals surface area contributed by atoms with E-state index in [1.54, 1.807) is 0 Å². The molecule has 0 radical (unpaired) electrons. The summed E-state index contributed by atoms with van der Waals surface area (Å²) in [4.78, 5) is 23.7. The number of aromatic amines is 1. The van der Waals surface area contributed by atoms with E-state index in [2.05, 4.69) is 9.36 Å². The Labute approximate surface area is 53.7 Å². The van der Waals surface area contributed by atoms with E-state index in [0.717, 1.165) is 11.5 Å². The second-order valence-electron chi connectivity index (χ2n) is 1.29. The van der Waals surface area contributed by atoms with E-state index in [4.69, 9.17) is 5.73 Å².